The zero-order chi connectivity index (χ0) is 20.1. The summed E-state index contributed by atoms with van der Waals surface area (Å²) < 4.78 is 13.1. The molecule has 0 N–H and O–H groups in total. The Bertz CT molecular complexity index is 1060. The topological polar surface area (TPSA) is 78.9 Å². The molecule has 4 aromatic rings. The largest absolute Gasteiger partial charge is 0.494 e. The SMILES string of the molecule is CCOc1ccc(-n2c(Cc3ccccc3)nnc2SCc2nnc(C)o2)cc1. The van der Waals surface area contributed by atoms with E-state index < -0.39 is 0 Å². The lowest BCUT2D eigenvalue weighted by Gasteiger charge is -2.11. The maximum absolute atomic E-state index is 5.57. The van der Waals surface area contributed by atoms with Gasteiger partial charge in [-0.25, -0.2) is 0 Å². The van der Waals surface area contributed by atoms with Crippen molar-refractivity contribution in [2.24, 2.45) is 0 Å². The highest BCUT2D eigenvalue weighted by atomic mass is 32.2. The van der Waals surface area contributed by atoms with E-state index in [4.69, 9.17) is 9.15 Å². The van der Waals surface area contributed by atoms with Gasteiger partial charge < -0.3 is 9.15 Å². The highest BCUT2D eigenvalue weighted by Crippen LogP contribution is 2.27. The second-order valence-corrected chi connectivity index (χ2v) is 7.27. The number of aromatic nitrogens is 5. The summed E-state index contributed by atoms with van der Waals surface area (Å²) in [5, 5.41) is 17.6. The smallest absolute Gasteiger partial charge is 0.226 e. The zero-order valence-corrected chi connectivity index (χ0v) is 17.1. The molecule has 29 heavy (non-hydrogen) atoms. The number of benzene rings is 2. The van der Waals surface area contributed by atoms with Crippen molar-refractivity contribution < 1.29 is 9.15 Å². The molecule has 148 valence electrons. The average Bonchev–Trinajstić information content (AvgIpc) is 3.34. The zero-order valence-electron chi connectivity index (χ0n) is 16.3. The molecule has 0 bridgehead atoms. The molecule has 2 heterocycles. The van der Waals surface area contributed by atoms with Crippen LogP contribution in [0.2, 0.25) is 0 Å². The fourth-order valence-corrected chi connectivity index (χ4v) is 3.73. The third-order valence-electron chi connectivity index (χ3n) is 4.20. The van der Waals surface area contributed by atoms with Crippen LogP contribution >= 0.6 is 11.8 Å². The van der Waals surface area contributed by atoms with Crippen LogP contribution in [0.4, 0.5) is 0 Å². The van der Waals surface area contributed by atoms with Crippen LogP contribution in [0.25, 0.3) is 5.69 Å². The predicted octanol–water partition coefficient (Wildman–Crippen LogP) is 4.24. The molecule has 0 fully saturated rings. The molecule has 0 radical (unpaired) electrons. The number of hydrogen-bond acceptors (Lipinski definition) is 7. The lowest BCUT2D eigenvalue weighted by atomic mass is 10.1. The summed E-state index contributed by atoms with van der Waals surface area (Å²) in [6, 6.07) is 18.2. The van der Waals surface area contributed by atoms with Crippen molar-refractivity contribution in [3.63, 3.8) is 0 Å². The Labute approximate surface area is 173 Å². The van der Waals surface area contributed by atoms with E-state index in [0.29, 0.717) is 30.6 Å². The van der Waals surface area contributed by atoms with E-state index >= 15 is 0 Å². The van der Waals surface area contributed by atoms with Gasteiger partial charge in [-0.05, 0) is 36.8 Å². The molecule has 2 aromatic heterocycles. The van der Waals surface area contributed by atoms with Gasteiger partial charge in [0.2, 0.25) is 11.8 Å². The Morgan fingerprint density at radius 3 is 2.45 bits per heavy atom. The van der Waals surface area contributed by atoms with Crippen LogP contribution in [-0.2, 0) is 12.2 Å². The minimum Gasteiger partial charge on any atom is -0.494 e. The molecule has 0 amide bonds. The van der Waals surface area contributed by atoms with Crippen LogP contribution in [0.15, 0.2) is 64.2 Å². The van der Waals surface area contributed by atoms with Crippen LogP contribution in [0.1, 0.15) is 30.1 Å². The Morgan fingerprint density at radius 2 is 1.76 bits per heavy atom. The van der Waals surface area contributed by atoms with Gasteiger partial charge in [0.05, 0.1) is 12.4 Å². The first-order valence-corrected chi connectivity index (χ1v) is 10.3. The number of hydrogen-bond donors (Lipinski definition) is 0. The molecule has 0 saturated heterocycles. The Kier molecular flexibility index (Phi) is 5.90. The van der Waals surface area contributed by atoms with Gasteiger partial charge in [0.25, 0.3) is 0 Å². The van der Waals surface area contributed by atoms with Crippen molar-refractivity contribution in [1.82, 2.24) is 25.0 Å². The second kappa shape index (κ2) is 8.91. The van der Waals surface area contributed by atoms with E-state index in [1.54, 1.807) is 6.92 Å². The molecule has 0 saturated carbocycles. The van der Waals surface area contributed by atoms with Crippen molar-refractivity contribution in [3.8, 4) is 11.4 Å². The number of thioether (sulfide) groups is 1. The molecule has 0 unspecified atom stereocenters. The van der Waals surface area contributed by atoms with Gasteiger partial charge >= 0.3 is 0 Å². The monoisotopic (exact) mass is 407 g/mol. The van der Waals surface area contributed by atoms with E-state index in [2.05, 4.69) is 37.1 Å². The molecule has 2 aromatic carbocycles. The van der Waals surface area contributed by atoms with Gasteiger partial charge in [-0.3, -0.25) is 4.57 Å². The standard InChI is InChI=1S/C21H21N5O2S/c1-3-27-18-11-9-17(10-12-18)26-19(13-16-7-5-4-6-8-16)23-25-21(26)29-14-20-24-22-15(2)28-20/h4-12H,3,13-14H2,1-2H3. The highest BCUT2D eigenvalue weighted by Gasteiger charge is 2.16. The summed E-state index contributed by atoms with van der Waals surface area (Å²) in [6.45, 7) is 4.39. The van der Waals surface area contributed by atoms with Crippen LogP contribution in [0.3, 0.4) is 0 Å². The number of ether oxygens (including phenoxy) is 1. The Hall–Kier alpha value is -3.13. The van der Waals surface area contributed by atoms with Crippen molar-refractivity contribution in [2.75, 3.05) is 6.61 Å². The quantitative estimate of drug-likeness (QED) is 0.404. The highest BCUT2D eigenvalue weighted by molar-refractivity contribution is 7.98. The summed E-state index contributed by atoms with van der Waals surface area (Å²) in [7, 11) is 0. The predicted molar refractivity (Wildman–Crippen MR) is 110 cm³/mol. The van der Waals surface area contributed by atoms with Crippen LogP contribution in [0.5, 0.6) is 5.75 Å². The van der Waals surface area contributed by atoms with Crippen molar-refractivity contribution in [3.05, 3.63) is 77.8 Å². The second-order valence-electron chi connectivity index (χ2n) is 6.33. The maximum Gasteiger partial charge on any atom is 0.226 e. The van der Waals surface area contributed by atoms with E-state index in [9.17, 15) is 0 Å². The van der Waals surface area contributed by atoms with Crippen LogP contribution in [0, 0.1) is 6.92 Å². The molecule has 0 aliphatic carbocycles. The first-order valence-electron chi connectivity index (χ1n) is 9.36. The van der Waals surface area contributed by atoms with Crippen molar-refractivity contribution in [2.45, 2.75) is 31.2 Å². The first-order chi connectivity index (χ1) is 14.2. The van der Waals surface area contributed by atoms with Gasteiger partial charge in [-0.1, -0.05) is 42.1 Å². The Morgan fingerprint density at radius 1 is 0.966 bits per heavy atom. The molecule has 7 nitrogen and oxygen atoms in total. The van der Waals surface area contributed by atoms with E-state index in [1.807, 2.05) is 49.4 Å². The summed E-state index contributed by atoms with van der Waals surface area (Å²) >= 11 is 1.52. The first kappa shape index (κ1) is 19.2. The van der Waals surface area contributed by atoms with E-state index in [1.165, 1.54) is 17.3 Å². The van der Waals surface area contributed by atoms with Crippen LogP contribution in [-0.4, -0.2) is 31.6 Å². The van der Waals surface area contributed by atoms with Gasteiger partial charge in [0.15, 0.2) is 5.16 Å². The van der Waals surface area contributed by atoms with Crippen molar-refractivity contribution in [1.29, 1.82) is 0 Å². The fraction of sp³-hybridized carbons (Fsp3) is 0.238. The summed E-state index contributed by atoms with van der Waals surface area (Å²) in [5.41, 5.74) is 2.16. The fourth-order valence-electron chi connectivity index (χ4n) is 2.93. The van der Waals surface area contributed by atoms with Gasteiger partial charge in [-0.15, -0.1) is 20.4 Å². The van der Waals surface area contributed by atoms with Gasteiger partial charge in [-0.2, -0.15) is 0 Å². The molecule has 4 rings (SSSR count). The molecule has 0 spiro atoms. The third-order valence-corrected chi connectivity index (χ3v) is 5.12. The van der Waals surface area contributed by atoms with Crippen LogP contribution < -0.4 is 4.74 Å². The number of aryl methyl sites for hydroxylation is 1. The lowest BCUT2D eigenvalue weighted by molar-refractivity contribution is 0.340. The minimum atomic E-state index is 0.529. The van der Waals surface area contributed by atoms with E-state index in [-0.39, 0.29) is 0 Å². The normalized spacial score (nSPS) is 11.0. The average molecular weight is 407 g/mol. The minimum absolute atomic E-state index is 0.529. The Balaban J connectivity index is 1.64. The van der Waals surface area contributed by atoms with Gasteiger partial charge in [0.1, 0.15) is 11.6 Å². The molecular weight excluding hydrogens is 386 g/mol. The number of nitrogens with zero attached hydrogens (tertiary/aromatic N) is 5. The molecular formula is C21H21N5O2S. The molecule has 0 atom stereocenters. The molecule has 0 aliphatic rings. The van der Waals surface area contributed by atoms with Gasteiger partial charge in [0, 0.05) is 19.0 Å². The van der Waals surface area contributed by atoms with E-state index in [0.717, 1.165) is 22.4 Å². The molecule has 8 heteroatoms. The summed E-state index contributed by atoms with van der Waals surface area (Å²) in [6.07, 6.45) is 0.682. The molecule has 0 aliphatic heterocycles. The maximum atomic E-state index is 5.57. The number of rotatable bonds is 8. The lowest BCUT2D eigenvalue weighted by Crippen LogP contribution is -2.04. The van der Waals surface area contributed by atoms with Crippen molar-refractivity contribution >= 4 is 11.8 Å². The summed E-state index contributed by atoms with van der Waals surface area (Å²) in [4.78, 5) is 0. The third kappa shape index (κ3) is 4.65. The summed E-state index contributed by atoms with van der Waals surface area (Å²) in [5.74, 6) is 3.35.